The topological polar surface area (TPSA) is 109 Å². The number of hydrogen-bond acceptors (Lipinski definition) is 4. The minimum absolute atomic E-state index is 0.0405. The summed E-state index contributed by atoms with van der Waals surface area (Å²) in [4.78, 5) is 10.9. The molecule has 0 aliphatic rings. The number of carbonyl (C=O) groups is 1. The van der Waals surface area contributed by atoms with Crippen molar-refractivity contribution in [3.63, 3.8) is 0 Å². The predicted molar refractivity (Wildman–Crippen MR) is 86.5 cm³/mol. The average molecular weight is 364 g/mol. The van der Waals surface area contributed by atoms with Crippen LogP contribution in [0.3, 0.4) is 0 Å². The Morgan fingerprint density at radius 2 is 1.80 bits per heavy atom. The van der Waals surface area contributed by atoms with Crippen molar-refractivity contribution in [2.45, 2.75) is 11.4 Å². The van der Waals surface area contributed by atoms with E-state index in [2.05, 4.69) is 4.72 Å². The van der Waals surface area contributed by atoms with Gasteiger partial charge in [-0.3, -0.25) is 0 Å². The van der Waals surface area contributed by atoms with Crippen LogP contribution in [0.4, 0.5) is 4.39 Å². The molecule has 0 fully saturated rings. The molecule has 0 saturated carbocycles. The Morgan fingerprint density at radius 3 is 2.44 bits per heavy atom. The second-order valence-corrected chi connectivity index (χ2v) is 7.09. The van der Waals surface area contributed by atoms with Gasteiger partial charge in [0, 0.05) is 11.9 Å². The summed E-state index contributed by atoms with van der Waals surface area (Å²) in [5, 5.41) is 19.2. The Morgan fingerprint density at radius 1 is 1.12 bits per heavy atom. The van der Waals surface area contributed by atoms with E-state index in [0.29, 0.717) is 15.7 Å². The van der Waals surface area contributed by atoms with Gasteiger partial charge in [0.15, 0.2) is 5.69 Å². The molecular weight excluding hydrogens is 351 g/mol. The lowest BCUT2D eigenvalue weighted by atomic mass is 10.2. The molecule has 1 heterocycles. The number of rotatable bonds is 5. The van der Waals surface area contributed by atoms with Gasteiger partial charge in [-0.05, 0) is 35.9 Å². The highest BCUT2D eigenvalue weighted by Crippen LogP contribution is 2.22. The molecule has 130 valence electrons. The Bertz CT molecular complexity index is 1060. The highest BCUT2D eigenvalue weighted by molar-refractivity contribution is 7.89. The van der Waals surface area contributed by atoms with Crippen molar-refractivity contribution in [1.82, 2.24) is 9.45 Å². The number of fused-ring (bicyclic) bond motifs is 1. The molecule has 9 heteroatoms. The smallest absolute Gasteiger partial charge is 0.356 e. The van der Waals surface area contributed by atoms with Crippen molar-refractivity contribution < 1.29 is 27.9 Å². The fraction of sp³-hybridized carbons (Fsp3) is 0.0625. The molecule has 0 bridgehead atoms. The number of carboxylic acid groups (broad SMARTS) is 1. The van der Waals surface area contributed by atoms with E-state index in [9.17, 15) is 22.8 Å². The van der Waals surface area contributed by atoms with Gasteiger partial charge in [-0.2, -0.15) is 4.73 Å². The minimum Gasteiger partial charge on any atom is -0.476 e. The van der Waals surface area contributed by atoms with E-state index in [4.69, 9.17) is 5.11 Å². The quantitative estimate of drug-likeness (QED) is 0.602. The van der Waals surface area contributed by atoms with Crippen LogP contribution in [0.15, 0.2) is 53.4 Å². The predicted octanol–water partition coefficient (Wildman–Crippen LogP) is 2.19. The molecule has 7 nitrogen and oxygen atoms in total. The number of carboxylic acids is 1. The summed E-state index contributed by atoms with van der Waals surface area (Å²) < 4.78 is 40.4. The van der Waals surface area contributed by atoms with Crippen LogP contribution < -0.4 is 4.72 Å². The molecule has 0 atom stereocenters. The number of aromatic carboxylic acids is 1. The third-order valence-electron chi connectivity index (χ3n) is 3.66. The number of halogens is 1. The zero-order chi connectivity index (χ0) is 18.2. The van der Waals surface area contributed by atoms with Gasteiger partial charge in [0.2, 0.25) is 10.0 Å². The minimum atomic E-state index is -3.90. The summed E-state index contributed by atoms with van der Waals surface area (Å²) in [5.41, 5.74) is 0.260. The van der Waals surface area contributed by atoms with E-state index in [1.807, 2.05) is 0 Å². The van der Waals surface area contributed by atoms with Gasteiger partial charge in [0.1, 0.15) is 5.82 Å². The van der Waals surface area contributed by atoms with Crippen molar-refractivity contribution in [3.05, 3.63) is 65.6 Å². The van der Waals surface area contributed by atoms with E-state index in [0.717, 1.165) is 0 Å². The van der Waals surface area contributed by atoms with Gasteiger partial charge in [-0.15, -0.1) is 0 Å². The normalized spacial score (nSPS) is 11.7. The van der Waals surface area contributed by atoms with Gasteiger partial charge < -0.3 is 10.3 Å². The van der Waals surface area contributed by atoms with Gasteiger partial charge in [-0.25, -0.2) is 22.3 Å². The highest BCUT2D eigenvalue weighted by atomic mass is 32.2. The molecule has 0 amide bonds. The molecule has 25 heavy (non-hydrogen) atoms. The second kappa shape index (κ2) is 6.19. The van der Waals surface area contributed by atoms with Crippen molar-refractivity contribution in [1.29, 1.82) is 0 Å². The standard InChI is InChI=1S/C16H13FN2O5S/c17-12-4-1-10(2-5-12)9-18-25(23,24)13-6-3-11-7-15(16(20)21)19(22)14(11)8-13/h1-8,18,22H,9H2,(H,20,21). The van der Waals surface area contributed by atoms with Crippen LogP contribution in [0, 0.1) is 5.82 Å². The summed E-state index contributed by atoms with van der Waals surface area (Å²) in [6.45, 7) is -0.0405. The van der Waals surface area contributed by atoms with Crippen molar-refractivity contribution in [3.8, 4) is 0 Å². The summed E-state index contributed by atoms with van der Waals surface area (Å²) in [6, 6.07) is 10.5. The van der Waals surface area contributed by atoms with Crippen molar-refractivity contribution in [2.24, 2.45) is 0 Å². The fourth-order valence-electron chi connectivity index (χ4n) is 2.35. The van der Waals surface area contributed by atoms with E-state index in [-0.39, 0.29) is 22.7 Å². The SMILES string of the molecule is O=C(O)c1cc2ccc(S(=O)(=O)NCc3ccc(F)cc3)cc2n1O. The molecule has 0 radical (unpaired) electrons. The first kappa shape index (κ1) is 16.9. The van der Waals surface area contributed by atoms with Crippen LogP contribution in [0.1, 0.15) is 16.1 Å². The molecule has 0 aliphatic carbocycles. The van der Waals surface area contributed by atoms with E-state index >= 15 is 0 Å². The van der Waals surface area contributed by atoms with Gasteiger partial charge in [0.05, 0.1) is 10.4 Å². The Balaban J connectivity index is 1.90. The van der Waals surface area contributed by atoms with Crippen LogP contribution in [0.5, 0.6) is 0 Å². The molecule has 0 saturated heterocycles. The summed E-state index contributed by atoms with van der Waals surface area (Å²) >= 11 is 0. The first-order chi connectivity index (χ1) is 11.8. The number of aromatic nitrogens is 1. The van der Waals surface area contributed by atoms with Gasteiger partial charge in [-0.1, -0.05) is 18.2 Å². The second-order valence-electron chi connectivity index (χ2n) is 5.32. The zero-order valence-electron chi connectivity index (χ0n) is 12.7. The lowest BCUT2D eigenvalue weighted by Gasteiger charge is -2.07. The molecule has 3 N–H and O–H groups in total. The summed E-state index contributed by atoms with van der Waals surface area (Å²) in [6.07, 6.45) is 0. The molecule has 3 aromatic rings. The Kier molecular flexibility index (Phi) is 4.19. The van der Waals surface area contributed by atoms with Gasteiger partial charge in [0.25, 0.3) is 0 Å². The highest BCUT2D eigenvalue weighted by Gasteiger charge is 2.19. The third-order valence-corrected chi connectivity index (χ3v) is 5.06. The van der Waals surface area contributed by atoms with Crippen molar-refractivity contribution in [2.75, 3.05) is 0 Å². The molecule has 0 unspecified atom stereocenters. The number of hydrogen-bond donors (Lipinski definition) is 3. The molecule has 0 spiro atoms. The largest absolute Gasteiger partial charge is 0.476 e. The Labute approximate surface area is 141 Å². The molecule has 2 aromatic carbocycles. The first-order valence-electron chi connectivity index (χ1n) is 7.10. The van der Waals surface area contributed by atoms with Gasteiger partial charge >= 0.3 is 5.97 Å². The number of nitrogens with zero attached hydrogens (tertiary/aromatic N) is 1. The lowest BCUT2D eigenvalue weighted by Crippen LogP contribution is -2.23. The molecular formula is C16H13FN2O5S. The fourth-order valence-corrected chi connectivity index (χ4v) is 3.39. The number of nitrogens with one attached hydrogen (secondary N) is 1. The maximum atomic E-state index is 12.9. The number of sulfonamides is 1. The average Bonchev–Trinajstić information content (AvgIpc) is 2.91. The number of benzene rings is 2. The van der Waals surface area contributed by atoms with Crippen LogP contribution in [0.25, 0.3) is 10.9 Å². The van der Waals surface area contributed by atoms with Crippen LogP contribution in [0.2, 0.25) is 0 Å². The maximum absolute atomic E-state index is 12.9. The van der Waals surface area contributed by atoms with Crippen LogP contribution >= 0.6 is 0 Å². The molecule has 0 aliphatic heterocycles. The molecule has 1 aromatic heterocycles. The van der Waals surface area contributed by atoms with E-state index in [1.165, 1.54) is 48.5 Å². The molecule has 3 rings (SSSR count). The van der Waals surface area contributed by atoms with Crippen LogP contribution in [-0.2, 0) is 16.6 Å². The van der Waals surface area contributed by atoms with Crippen molar-refractivity contribution >= 4 is 26.9 Å². The summed E-state index contributed by atoms with van der Waals surface area (Å²) in [7, 11) is -3.90. The Hall–Kier alpha value is -2.91. The lowest BCUT2D eigenvalue weighted by molar-refractivity contribution is 0.0649. The van der Waals surface area contributed by atoms with E-state index < -0.39 is 21.8 Å². The van der Waals surface area contributed by atoms with E-state index in [1.54, 1.807) is 0 Å². The van der Waals surface area contributed by atoms with Crippen LogP contribution in [-0.4, -0.2) is 29.4 Å². The monoisotopic (exact) mass is 364 g/mol. The maximum Gasteiger partial charge on any atom is 0.356 e. The zero-order valence-corrected chi connectivity index (χ0v) is 13.5. The summed E-state index contributed by atoms with van der Waals surface area (Å²) in [5.74, 6) is -1.76. The first-order valence-corrected chi connectivity index (χ1v) is 8.58. The third kappa shape index (κ3) is 3.32.